The number of hydrogen-bond acceptors (Lipinski definition) is 6. The lowest BCUT2D eigenvalue weighted by atomic mass is 10.2. The lowest BCUT2D eigenvalue weighted by Gasteiger charge is -2.01. The van der Waals surface area contributed by atoms with Crippen LogP contribution in [-0.4, -0.2) is 24.3 Å². The molecule has 4 rings (SSSR count). The molecule has 128 valence electrons. The van der Waals surface area contributed by atoms with Gasteiger partial charge in [-0.2, -0.15) is 0 Å². The first kappa shape index (κ1) is 16.3. The second-order valence-electron chi connectivity index (χ2n) is 5.32. The summed E-state index contributed by atoms with van der Waals surface area (Å²) in [6.07, 6.45) is 5.23. The van der Waals surface area contributed by atoms with Crippen LogP contribution in [0.1, 0.15) is 11.5 Å². The van der Waals surface area contributed by atoms with Gasteiger partial charge in [0.2, 0.25) is 5.16 Å². The number of furan rings is 1. The highest BCUT2D eigenvalue weighted by Crippen LogP contribution is 2.27. The van der Waals surface area contributed by atoms with E-state index in [1.165, 1.54) is 16.4 Å². The standard InChI is InChI=1S/C15H12Cl2N6OS/c1-8-11(2-3-24-8)13-20-21-15(23(13)18)25-7-10-6-22-5-9(16)4-12(17)14(22)19-10/h2-6H,7,18H2,1H3. The number of nitrogens with two attached hydrogens (primary N) is 1. The fraction of sp³-hybridized carbons (Fsp3) is 0.133. The van der Waals surface area contributed by atoms with Crippen molar-refractivity contribution in [2.75, 3.05) is 5.84 Å². The molecule has 0 unspecified atom stereocenters. The fourth-order valence-electron chi connectivity index (χ4n) is 2.46. The van der Waals surface area contributed by atoms with Gasteiger partial charge in [0.25, 0.3) is 0 Å². The number of halogens is 2. The zero-order chi connectivity index (χ0) is 17.6. The maximum atomic E-state index is 6.16. The first-order chi connectivity index (χ1) is 12.0. The van der Waals surface area contributed by atoms with Crippen LogP contribution in [0.2, 0.25) is 10.0 Å². The minimum atomic E-state index is 0.503. The Kier molecular flexibility index (Phi) is 4.10. The summed E-state index contributed by atoms with van der Waals surface area (Å²) in [5, 5.41) is 9.92. The topological polar surface area (TPSA) is 87.2 Å². The van der Waals surface area contributed by atoms with Gasteiger partial charge in [0.15, 0.2) is 11.5 Å². The van der Waals surface area contributed by atoms with Crippen LogP contribution in [0, 0.1) is 6.92 Å². The highest BCUT2D eigenvalue weighted by molar-refractivity contribution is 7.98. The third-order valence-corrected chi connectivity index (χ3v) is 5.10. The highest BCUT2D eigenvalue weighted by atomic mass is 35.5. The maximum Gasteiger partial charge on any atom is 0.210 e. The van der Waals surface area contributed by atoms with Crippen molar-refractivity contribution in [3.05, 3.63) is 52.3 Å². The molecule has 7 nitrogen and oxygen atoms in total. The molecule has 0 atom stereocenters. The molecular weight excluding hydrogens is 383 g/mol. The fourth-order valence-corrected chi connectivity index (χ4v) is 3.73. The van der Waals surface area contributed by atoms with Crippen molar-refractivity contribution in [3.63, 3.8) is 0 Å². The molecule has 4 aromatic rings. The molecule has 0 radical (unpaired) electrons. The molecular formula is C15H12Cl2N6OS. The Labute approximate surface area is 156 Å². The van der Waals surface area contributed by atoms with E-state index < -0.39 is 0 Å². The Morgan fingerprint density at radius 3 is 2.88 bits per heavy atom. The first-order valence-corrected chi connectivity index (χ1v) is 8.97. The van der Waals surface area contributed by atoms with Gasteiger partial charge in [0, 0.05) is 18.1 Å². The first-order valence-electron chi connectivity index (χ1n) is 7.23. The molecule has 25 heavy (non-hydrogen) atoms. The summed E-state index contributed by atoms with van der Waals surface area (Å²) in [6.45, 7) is 1.85. The van der Waals surface area contributed by atoms with Gasteiger partial charge in [-0.3, -0.25) is 0 Å². The van der Waals surface area contributed by atoms with Crippen LogP contribution < -0.4 is 5.84 Å². The van der Waals surface area contributed by atoms with Crippen LogP contribution in [0.5, 0.6) is 0 Å². The van der Waals surface area contributed by atoms with Gasteiger partial charge >= 0.3 is 0 Å². The molecule has 0 fully saturated rings. The van der Waals surface area contributed by atoms with E-state index in [1.807, 2.05) is 19.2 Å². The van der Waals surface area contributed by atoms with E-state index >= 15 is 0 Å². The van der Waals surface area contributed by atoms with Gasteiger partial charge < -0.3 is 14.7 Å². The van der Waals surface area contributed by atoms with Crippen LogP contribution in [-0.2, 0) is 5.75 Å². The van der Waals surface area contributed by atoms with Crippen LogP contribution in [0.25, 0.3) is 17.0 Å². The van der Waals surface area contributed by atoms with Crippen molar-refractivity contribution in [3.8, 4) is 11.4 Å². The van der Waals surface area contributed by atoms with Gasteiger partial charge in [0.1, 0.15) is 5.76 Å². The number of rotatable bonds is 4. The summed E-state index contributed by atoms with van der Waals surface area (Å²) in [6, 6.07) is 3.48. The SMILES string of the molecule is Cc1occc1-c1nnc(SCc2cn3cc(Cl)cc(Cl)c3n2)n1N. The van der Waals surface area contributed by atoms with Crippen LogP contribution in [0.4, 0.5) is 0 Å². The number of imidazole rings is 1. The Balaban J connectivity index is 1.57. The molecule has 0 saturated heterocycles. The minimum Gasteiger partial charge on any atom is -0.469 e. The van der Waals surface area contributed by atoms with Gasteiger partial charge in [-0.15, -0.1) is 10.2 Å². The third-order valence-electron chi connectivity index (χ3n) is 3.64. The normalized spacial score (nSPS) is 11.5. The average molecular weight is 395 g/mol. The Bertz CT molecular complexity index is 1070. The van der Waals surface area contributed by atoms with Crippen molar-refractivity contribution in [1.82, 2.24) is 24.3 Å². The van der Waals surface area contributed by atoms with E-state index in [2.05, 4.69) is 15.2 Å². The lowest BCUT2D eigenvalue weighted by molar-refractivity contribution is 0.535. The molecule has 0 saturated carbocycles. The predicted molar refractivity (Wildman–Crippen MR) is 97.4 cm³/mol. The van der Waals surface area contributed by atoms with Gasteiger partial charge in [-0.05, 0) is 19.1 Å². The number of aromatic nitrogens is 5. The summed E-state index contributed by atoms with van der Waals surface area (Å²) in [7, 11) is 0. The number of aryl methyl sites for hydroxylation is 1. The Morgan fingerprint density at radius 2 is 2.12 bits per heavy atom. The summed E-state index contributed by atoms with van der Waals surface area (Å²) < 4.78 is 8.53. The summed E-state index contributed by atoms with van der Waals surface area (Å²) >= 11 is 13.6. The van der Waals surface area contributed by atoms with E-state index in [0.29, 0.717) is 32.4 Å². The quantitative estimate of drug-likeness (QED) is 0.418. The summed E-state index contributed by atoms with van der Waals surface area (Å²) in [4.78, 5) is 4.51. The third kappa shape index (κ3) is 2.97. The average Bonchev–Trinajstić information content (AvgIpc) is 3.24. The molecule has 0 bridgehead atoms. The lowest BCUT2D eigenvalue weighted by Crippen LogP contribution is -2.11. The maximum absolute atomic E-state index is 6.16. The minimum absolute atomic E-state index is 0.503. The molecule has 4 heterocycles. The Morgan fingerprint density at radius 1 is 1.28 bits per heavy atom. The van der Waals surface area contributed by atoms with E-state index in [-0.39, 0.29) is 0 Å². The summed E-state index contributed by atoms with van der Waals surface area (Å²) in [5.41, 5.74) is 2.31. The zero-order valence-corrected chi connectivity index (χ0v) is 15.3. The van der Waals surface area contributed by atoms with Gasteiger partial charge in [0.05, 0.1) is 27.6 Å². The molecule has 2 N–H and O–H groups in total. The number of fused-ring (bicyclic) bond motifs is 1. The molecule has 0 aliphatic rings. The highest BCUT2D eigenvalue weighted by Gasteiger charge is 2.16. The largest absolute Gasteiger partial charge is 0.469 e. The number of nitrogens with zero attached hydrogens (tertiary/aromatic N) is 5. The molecule has 0 amide bonds. The number of hydrogen-bond donors (Lipinski definition) is 1. The molecule has 0 spiro atoms. The van der Waals surface area contributed by atoms with E-state index in [0.717, 1.165) is 17.0 Å². The summed E-state index contributed by atoms with van der Waals surface area (Å²) in [5.74, 6) is 7.97. The molecule has 0 aliphatic heterocycles. The van der Waals surface area contributed by atoms with Gasteiger partial charge in [-0.25, -0.2) is 9.66 Å². The van der Waals surface area contributed by atoms with E-state index in [4.69, 9.17) is 33.5 Å². The molecule has 0 aromatic carbocycles. The predicted octanol–water partition coefficient (Wildman–Crippen LogP) is 3.81. The van der Waals surface area contributed by atoms with Crippen molar-refractivity contribution < 1.29 is 4.42 Å². The number of pyridine rings is 1. The Hall–Kier alpha value is -2.16. The zero-order valence-electron chi connectivity index (χ0n) is 13.0. The van der Waals surface area contributed by atoms with Crippen molar-refractivity contribution >= 4 is 40.6 Å². The molecule has 4 aromatic heterocycles. The second-order valence-corrected chi connectivity index (χ2v) is 7.11. The van der Waals surface area contributed by atoms with E-state index in [9.17, 15) is 0 Å². The van der Waals surface area contributed by atoms with Crippen LogP contribution in [0.3, 0.4) is 0 Å². The van der Waals surface area contributed by atoms with Crippen molar-refractivity contribution in [2.24, 2.45) is 0 Å². The molecule has 0 aliphatic carbocycles. The van der Waals surface area contributed by atoms with Gasteiger partial charge in [-0.1, -0.05) is 35.0 Å². The second kappa shape index (κ2) is 6.29. The van der Waals surface area contributed by atoms with Crippen molar-refractivity contribution in [2.45, 2.75) is 17.8 Å². The van der Waals surface area contributed by atoms with Crippen LogP contribution in [0.15, 0.2) is 40.4 Å². The number of thioether (sulfide) groups is 1. The number of nitrogen functional groups attached to an aromatic ring is 1. The van der Waals surface area contributed by atoms with E-state index in [1.54, 1.807) is 22.9 Å². The van der Waals surface area contributed by atoms with Crippen molar-refractivity contribution in [1.29, 1.82) is 0 Å². The molecule has 10 heteroatoms. The smallest absolute Gasteiger partial charge is 0.210 e. The van der Waals surface area contributed by atoms with Crippen LogP contribution >= 0.6 is 35.0 Å². The monoisotopic (exact) mass is 394 g/mol.